The zero-order chi connectivity index (χ0) is 18.9. The third kappa shape index (κ3) is 3.97. The Morgan fingerprint density at radius 3 is 2.12 bits per heavy atom. The lowest BCUT2D eigenvalue weighted by molar-refractivity contribution is 0.0931. The highest BCUT2D eigenvalue weighted by Crippen LogP contribution is 2.41. The summed E-state index contributed by atoms with van der Waals surface area (Å²) in [7, 11) is -0.524. The molecule has 5 nitrogen and oxygen atoms in total. The number of aryl methyl sites for hydroxylation is 1. The van der Waals surface area contributed by atoms with Gasteiger partial charge in [-0.05, 0) is 55.5 Å². The summed E-state index contributed by atoms with van der Waals surface area (Å²) >= 11 is 0. The maximum atomic E-state index is 12.7. The molecule has 0 aromatic heterocycles. The van der Waals surface area contributed by atoms with E-state index in [2.05, 4.69) is 29.6 Å². The number of carbonyl (C=O) groups is 1. The molecule has 1 fully saturated rings. The van der Waals surface area contributed by atoms with Gasteiger partial charge in [-0.3, -0.25) is 4.79 Å². The van der Waals surface area contributed by atoms with Crippen LogP contribution in [0.4, 0.5) is 0 Å². The van der Waals surface area contributed by atoms with Gasteiger partial charge in [-0.25, -0.2) is 12.7 Å². The minimum absolute atomic E-state index is 0.00622. The summed E-state index contributed by atoms with van der Waals surface area (Å²) in [6.07, 6.45) is 2.22. The molecule has 1 saturated carbocycles. The van der Waals surface area contributed by atoms with E-state index in [1.165, 1.54) is 31.8 Å². The summed E-state index contributed by atoms with van der Waals surface area (Å²) in [5.41, 5.74) is 2.76. The molecule has 0 radical (unpaired) electrons. The first kappa shape index (κ1) is 18.6. The standard InChI is InChI=1S/C20H24N2O3S/c1-14-4-6-15(7-5-14)19(16-8-9-16)21-20(23)17-10-12-18(13-11-17)26(24,25)22(2)3/h4-7,10-13,16,19H,8-9H2,1-3H3,(H,21,23). The van der Waals surface area contributed by atoms with Gasteiger partial charge in [-0.1, -0.05) is 29.8 Å². The first-order chi connectivity index (χ1) is 12.3. The van der Waals surface area contributed by atoms with E-state index in [1.54, 1.807) is 12.1 Å². The summed E-state index contributed by atoms with van der Waals surface area (Å²) in [6.45, 7) is 2.04. The van der Waals surface area contributed by atoms with Crippen molar-refractivity contribution in [1.82, 2.24) is 9.62 Å². The second-order valence-electron chi connectivity index (χ2n) is 7.01. The number of benzene rings is 2. The molecule has 1 amide bonds. The monoisotopic (exact) mass is 372 g/mol. The second-order valence-corrected chi connectivity index (χ2v) is 9.16. The van der Waals surface area contributed by atoms with E-state index >= 15 is 0 Å². The van der Waals surface area contributed by atoms with Crippen LogP contribution in [0.5, 0.6) is 0 Å². The molecule has 0 heterocycles. The van der Waals surface area contributed by atoms with E-state index in [0.717, 1.165) is 22.7 Å². The van der Waals surface area contributed by atoms with Crippen LogP contribution in [0.15, 0.2) is 53.4 Å². The third-order valence-corrected chi connectivity index (χ3v) is 6.54. The minimum Gasteiger partial charge on any atom is -0.345 e. The van der Waals surface area contributed by atoms with Gasteiger partial charge in [-0.2, -0.15) is 0 Å². The number of amides is 1. The van der Waals surface area contributed by atoms with Gasteiger partial charge in [0.2, 0.25) is 10.0 Å². The van der Waals surface area contributed by atoms with Gasteiger partial charge in [0.25, 0.3) is 5.91 Å². The van der Waals surface area contributed by atoms with Crippen LogP contribution >= 0.6 is 0 Å². The predicted molar refractivity (Wildman–Crippen MR) is 101 cm³/mol. The molecule has 6 heteroatoms. The molecule has 1 unspecified atom stereocenters. The van der Waals surface area contributed by atoms with Crippen LogP contribution in [-0.2, 0) is 10.0 Å². The van der Waals surface area contributed by atoms with Crippen molar-refractivity contribution < 1.29 is 13.2 Å². The highest BCUT2D eigenvalue weighted by Gasteiger charge is 2.33. The van der Waals surface area contributed by atoms with Crippen LogP contribution < -0.4 is 5.32 Å². The van der Waals surface area contributed by atoms with Crippen molar-refractivity contribution in [2.75, 3.05) is 14.1 Å². The molecule has 138 valence electrons. The Labute approximate surface area is 155 Å². The summed E-state index contributed by atoms with van der Waals surface area (Å²) in [5.74, 6) is 0.284. The maximum Gasteiger partial charge on any atom is 0.251 e. The highest BCUT2D eigenvalue weighted by atomic mass is 32.2. The molecule has 0 spiro atoms. The van der Waals surface area contributed by atoms with Crippen LogP contribution in [0.25, 0.3) is 0 Å². The van der Waals surface area contributed by atoms with Gasteiger partial charge in [0.1, 0.15) is 0 Å². The molecular formula is C20H24N2O3S. The van der Waals surface area contributed by atoms with Gasteiger partial charge in [0.15, 0.2) is 0 Å². The molecule has 3 rings (SSSR count). The number of nitrogens with zero attached hydrogens (tertiary/aromatic N) is 1. The topological polar surface area (TPSA) is 66.5 Å². The Morgan fingerprint density at radius 2 is 1.62 bits per heavy atom. The molecule has 0 aliphatic heterocycles. The normalized spacial score (nSPS) is 15.7. The second kappa shape index (κ2) is 7.21. The molecular weight excluding hydrogens is 348 g/mol. The fourth-order valence-corrected chi connectivity index (χ4v) is 3.79. The molecule has 26 heavy (non-hydrogen) atoms. The Morgan fingerprint density at radius 1 is 1.04 bits per heavy atom. The minimum atomic E-state index is -3.49. The van der Waals surface area contributed by atoms with Crippen LogP contribution in [-0.4, -0.2) is 32.7 Å². The zero-order valence-corrected chi connectivity index (χ0v) is 16.1. The predicted octanol–water partition coefficient (Wildman–Crippen LogP) is 3.13. The third-order valence-electron chi connectivity index (χ3n) is 4.71. The van der Waals surface area contributed by atoms with Crippen molar-refractivity contribution in [1.29, 1.82) is 0 Å². The van der Waals surface area contributed by atoms with Crippen LogP contribution in [0.2, 0.25) is 0 Å². The first-order valence-electron chi connectivity index (χ1n) is 8.69. The van der Waals surface area contributed by atoms with Gasteiger partial charge < -0.3 is 5.32 Å². The molecule has 1 N–H and O–H groups in total. The molecule has 1 atom stereocenters. The maximum absolute atomic E-state index is 12.7. The molecule has 2 aromatic rings. The Hall–Kier alpha value is -2.18. The number of rotatable bonds is 6. The van der Waals surface area contributed by atoms with E-state index in [0.29, 0.717) is 11.5 Å². The van der Waals surface area contributed by atoms with Gasteiger partial charge >= 0.3 is 0 Å². The fraction of sp³-hybridized carbons (Fsp3) is 0.350. The largest absolute Gasteiger partial charge is 0.345 e. The average Bonchev–Trinajstić information content (AvgIpc) is 3.45. The quantitative estimate of drug-likeness (QED) is 0.847. The van der Waals surface area contributed by atoms with Gasteiger partial charge in [0, 0.05) is 19.7 Å². The smallest absolute Gasteiger partial charge is 0.251 e. The van der Waals surface area contributed by atoms with E-state index in [-0.39, 0.29) is 16.8 Å². The average molecular weight is 372 g/mol. The van der Waals surface area contributed by atoms with Crippen LogP contribution in [0, 0.1) is 12.8 Å². The Kier molecular flexibility index (Phi) is 5.16. The van der Waals surface area contributed by atoms with Crippen molar-refractivity contribution >= 4 is 15.9 Å². The lowest BCUT2D eigenvalue weighted by Gasteiger charge is -2.19. The van der Waals surface area contributed by atoms with Crippen molar-refractivity contribution in [2.24, 2.45) is 5.92 Å². The summed E-state index contributed by atoms with van der Waals surface area (Å²) in [6, 6.07) is 14.3. The Bertz CT molecular complexity index is 884. The Balaban J connectivity index is 1.77. The number of sulfonamides is 1. The van der Waals surface area contributed by atoms with E-state index in [4.69, 9.17) is 0 Å². The highest BCUT2D eigenvalue weighted by molar-refractivity contribution is 7.89. The molecule has 0 saturated heterocycles. The number of nitrogens with one attached hydrogen (secondary N) is 1. The zero-order valence-electron chi connectivity index (χ0n) is 15.3. The van der Waals surface area contributed by atoms with E-state index in [1.807, 2.05) is 6.92 Å². The number of hydrogen-bond donors (Lipinski definition) is 1. The van der Waals surface area contributed by atoms with Crippen LogP contribution in [0.3, 0.4) is 0 Å². The number of hydrogen-bond acceptors (Lipinski definition) is 3. The summed E-state index contributed by atoms with van der Waals surface area (Å²) in [5, 5.41) is 3.11. The lowest BCUT2D eigenvalue weighted by atomic mass is 10.0. The van der Waals surface area contributed by atoms with Crippen molar-refractivity contribution in [3.63, 3.8) is 0 Å². The van der Waals surface area contributed by atoms with Gasteiger partial charge in [-0.15, -0.1) is 0 Å². The van der Waals surface area contributed by atoms with E-state index in [9.17, 15) is 13.2 Å². The SMILES string of the molecule is Cc1ccc(C(NC(=O)c2ccc(S(=O)(=O)N(C)C)cc2)C2CC2)cc1. The lowest BCUT2D eigenvalue weighted by Crippen LogP contribution is -2.30. The van der Waals surface area contributed by atoms with Crippen LogP contribution in [0.1, 0.15) is 40.4 Å². The molecule has 0 bridgehead atoms. The fourth-order valence-electron chi connectivity index (χ4n) is 2.89. The number of carbonyl (C=O) groups excluding carboxylic acids is 1. The summed E-state index contributed by atoms with van der Waals surface area (Å²) < 4.78 is 25.4. The van der Waals surface area contributed by atoms with Gasteiger partial charge in [0.05, 0.1) is 10.9 Å². The first-order valence-corrected chi connectivity index (χ1v) is 10.1. The van der Waals surface area contributed by atoms with Crippen molar-refractivity contribution in [2.45, 2.75) is 30.7 Å². The van der Waals surface area contributed by atoms with Crippen molar-refractivity contribution in [3.8, 4) is 0 Å². The van der Waals surface area contributed by atoms with E-state index < -0.39 is 10.0 Å². The molecule has 1 aliphatic carbocycles. The molecule has 2 aromatic carbocycles. The molecule has 1 aliphatic rings. The summed E-state index contributed by atoms with van der Waals surface area (Å²) in [4.78, 5) is 12.8. The van der Waals surface area contributed by atoms with Crippen molar-refractivity contribution in [3.05, 3.63) is 65.2 Å².